The maximum Gasteiger partial charge on any atom is 0.295 e. The molecule has 1 aliphatic heterocycles. The summed E-state index contributed by atoms with van der Waals surface area (Å²) in [5.74, 6) is -0.795. The predicted octanol–water partition coefficient (Wildman–Crippen LogP) is 3.94. The molecule has 0 saturated carbocycles. The number of hydrogen-bond donors (Lipinski definition) is 0. The van der Waals surface area contributed by atoms with Gasteiger partial charge >= 0.3 is 0 Å². The largest absolute Gasteiger partial charge is 0.336 e. The van der Waals surface area contributed by atoms with Gasteiger partial charge in [0, 0.05) is 40.8 Å². The van der Waals surface area contributed by atoms with Gasteiger partial charge in [-0.25, -0.2) is 0 Å². The van der Waals surface area contributed by atoms with Gasteiger partial charge in [0.25, 0.3) is 11.7 Å². The Morgan fingerprint density at radius 2 is 1.62 bits per heavy atom. The molecule has 0 spiro atoms. The minimum absolute atomic E-state index is 0.383. The quantitative estimate of drug-likeness (QED) is 0.625. The van der Waals surface area contributed by atoms with Gasteiger partial charge in [0.1, 0.15) is 0 Å². The lowest BCUT2D eigenvalue weighted by molar-refractivity contribution is -0.127. The van der Waals surface area contributed by atoms with E-state index in [2.05, 4.69) is 0 Å². The van der Waals surface area contributed by atoms with Gasteiger partial charge in [-0.1, -0.05) is 11.6 Å². The Morgan fingerprint density at radius 1 is 1.00 bits per heavy atom. The van der Waals surface area contributed by atoms with E-state index in [9.17, 15) is 9.59 Å². The molecular formula is C19H21ClN2O2. The van der Waals surface area contributed by atoms with Crippen molar-refractivity contribution in [3.8, 4) is 5.69 Å². The van der Waals surface area contributed by atoms with E-state index in [0.29, 0.717) is 23.7 Å². The molecule has 1 amide bonds. The van der Waals surface area contributed by atoms with E-state index < -0.39 is 5.78 Å². The van der Waals surface area contributed by atoms with Crippen LogP contribution >= 0.6 is 11.6 Å². The zero-order valence-corrected chi connectivity index (χ0v) is 14.8. The van der Waals surface area contributed by atoms with Gasteiger partial charge in [0.05, 0.1) is 0 Å². The van der Waals surface area contributed by atoms with Gasteiger partial charge < -0.3 is 9.47 Å². The molecule has 1 aromatic heterocycles. The van der Waals surface area contributed by atoms with Crippen molar-refractivity contribution in [3.05, 3.63) is 52.3 Å². The number of piperidine rings is 1. The Labute approximate surface area is 147 Å². The lowest BCUT2D eigenvalue weighted by Crippen LogP contribution is -2.40. The molecular weight excluding hydrogens is 324 g/mol. The summed E-state index contributed by atoms with van der Waals surface area (Å²) in [4.78, 5) is 26.9. The number of likely N-dealkylation sites (tertiary alicyclic amines) is 1. The van der Waals surface area contributed by atoms with E-state index in [0.717, 1.165) is 36.3 Å². The van der Waals surface area contributed by atoms with Crippen molar-refractivity contribution in [2.24, 2.45) is 0 Å². The van der Waals surface area contributed by atoms with Crippen LogP contribution in [0.1, 0.15) is 41.0 Å². The number of halogens is 1. The molecule has 0 unspecified atom stereocenters. The number of amides is 1. The molecule has 1 fully saturated rings. The van der Waals surface area contributed by atoms with Crippen molar-refractivity contribution in [2.75, 3.05) is 13.1 Å². The number of aromatic nitrogens is 1. The van der Waals surface area contributed by atoms with E-state index >= 15 is 0 Å². The van der Waals surface area contributed by atoms with Gasteiger partial charge in [-0.3, -0.25) is 9.59 Å². The number of nitrogens with zero attached hydrogens (tertiary/aromatic N) is 2. The van der Waals surface area contributed by atoms with Crippen LogP contribution in [0.2, 0.25) is 5.02 Å². The van der Waals surface area contributed by atoms with Crippen molar-refractivity contribution >= 4 is 23.3 Å². The fourth-order valence-electron chi connectivity index (χ4n) is 3.34. The summed E-state index contributed by atoms with van der Waals surface area (Å²) in [7, 11) is 0. The standard InChI is InChI=1S/C19H21ClN2O2/c1-13-12-17(18(23)19(24)21-10-4-3-5-11-21)14(2)22(13)16-8-6-15(20)7-9-16/h6-9,12H,3-5,10-11H2,1-2H3. The third kappa shape index (κ3) is 3.11. The molecule has 0 aliphatic carbocycles. The van der Waals surface area contributed by atoms with Gasteiger partial charge in [0.2, 0.25) is 0 Å². The van der Waals surface area contributed by atoms with Crippen LogP contribution in [0.4, 0.5) is 0 Å². The number of Topliss-reactive ketones (excluding diaryl/α,β-unsaturated/α-hetero) is 1. The number of hydrogen-bond acceptors (Lipinski definition) is 2. The highest BCUT2D eigenvalue weighted by molar-refractivity contribution is 6.43. The fraction of sp³-hybridized carbons (Fsp3) is 0.368. The van der Waals surface area contributed by atoms with Crippen molar-refractivity contribution in [1.82, 2.24) is 9.47 Å². The first kappa shape index (κ1) is 16.8. The SMILES string of the molecule is Cc1cc(C(=O)C(=O)N2CCCCC2)c(C)n1-c1ccc(Cl)cc1. The average molecular weight is 345 g/mol. The molecule has 0 bridgehead atoms. The molecule has 3 rings (SSSR count). The van der Waals surface area contributed by atoms with Gasteiger partial charge in [-0.2, -0.15) is 0 Å². The second-order valence-corrected chi connectivity index (χ2v) is 6.72. The number of carbonyl (C=O) groups excluding carboxylic acids is 2. The molecule has 0 N–H and O–H groups in total. The van der Waals surface area contributed by atoms with Crippen molar-refractivity contribution < 1.29 is 9.59 Å². The Kier molecular flexibility index (Phi) is 4.76. The summed E-state index contributed by atoms with van der Waals surface area (Å²) >= 11 is 5.95. The fourth-order valence-corrected chi connectivity index (χ4v) is 3.46. The monoisotopic (exact) mass is 344 g/mol. The van der Waals surface area contributed by atoms with Crippen molar-refractivity contribution in [3.63, 3.8) is 0 Å². The van der Waals surface area contributed by atoms with Crippen LogP contribution in [0.15, 0.2) is 30.3 Å². The molecule has 0 atom stereocenters. The van der Waals surface area contributed by atoms with Gasteiger partial charge in [0.15, 0.2) is 0 Å². The third-order valence-electron chi connectivity index (χ3n) is 4.60. The second kappa shape index (κ2) is 6.81. The summed E-state index contributed by atoms with van der Waals surface area (Å²) < 4.78 is 1.98. The lowest BCUT2D eigenvalue weighted by atomic mass is 10.1. The topological polar surface area (TPSA) is 42.3 Å². The summed E-state index contributed by atoms with van der Waals surface area (Å²) in [5.41, 5.74) is 3.12. The Balaban J connectivity index is 1.92. The zero-order chi connectivity index (χ0) is 17.3. The predicted molar refractivity (Wildman–Crippen MR) is 95.0 cm³/mol. The van der Waals surface area contributed by atoms with Gasteiger partial charge in [-0.15, -0.1) is 0 Å². The first-order valence-electron chi connectivity index (χ1n) is 8.27. The van der Waals surface area contributed by atoms with Crippen LogP contribution in [-0.4, -0.2) is 34.2 Å². The van der Waals surface area contributed by atoms with E-state index in [4.69, 9.17) is 11.6 Å². The summed E-state index contributed by atoms with van der Waals surface area (Å²) in [6.07, 6.45) is 3.08. The van der Waals surface area contributed by atoms with Crippen LogP contribution in [0.25, 0.3) is 5.69 Å². The molecule has 2 heterocycles. The molecule has 5 heteroatoms. The summed E-state index contributed by atoms with van der Waals surface area (Å²) in [5, 5.41) is 0.665. The smallest absolute Gasteiger partial charge is 0.295 e. The number of ketones is 1. The molecule has 4 nitrogen and oxygen atoms in total. The molecule has 2 aromatic rings. The highest BCUT2D eigenvalue weighted by atomic mass is 35.5. The van der Waals surface area contributed by atoms with Gasteiger partial charge in [-0.05, 0) is 63.4 Å². The van der Waals surface area contributed by atoms with E-state index in [1.165, 1.54) is 0 Å². The molecule has 126 valence electrons. The Morgan fingerprint density at radius 3 is 2.25 bits per heavy atom. The molecule has 1 saturated heterocycles. The van der Waals surface area contributed by atoms with Crippen molar-refractivity contribution in [1.29, 1.82) is 0 Å². The Bertz CT molecular complexity index is 771. The maximum atomic E-state index is 12.7. The summed E-state index contributed by atoms with van der Waals surface area (Å²) in [6.45, 7) is 5.17. The van der Waals surface area contributed by atoms with E-state index in [-0.39, 0.29) is 5.91 Å². The minimum Gasteiger partial charge on any atom is -0.336 e. The number of aryl methyl sites for hydroxylation is 1. The minimum atomic E-state index is -0.412. The number of carbonyl (C=O) groups is 2. The van der Waals surface area contributed by atoms with Crippen LogP contribution in [-0.2, 0) is 4.79 Å². The Hall–Kier alpha value is -2.07. The molecule has 0 radical (unpaired) electrons. The average Bonchev–Trinajstić information content (AvgIpc) is 2.90. The van der Waals surface area contributed by atoms with Crippen LogP contribution < -0.4 is 0 Å². The number of rotatable bonds is 3. The van der Waals surface area contributed by atoms with Crippen LogP contribution in [0, 0.1) is 13.8 Å². The first-order valence-corrected chi connectivity index (χ1v) is 8.65. The maximum absolute atomic E-state index is 12.7. The van der Waals surface area contributed by atoms with Crippen LogP contribution in [0.3, 0.4) is 0 Å². The normalized spacial score (nSPS) is 14.7. The van der Waals surface area contributed by atoms with E-state index in [1.54, 1.807) is 11.0 Å². The second-order valence-electron chi connectivity index (χ2n) is 6.28. The third-order valence-corrected chi connectivity index (χ3v) is 4.85. The summed E-state index contributed by atoms with van der Waals surface area (Å²) in [6, 6.07) is 9.24. The number of benzene rings is 1. The molecule has 24 heavy (non-hydrogen) atoms. The van der Waals surface area contributed by atoms with Crippen LogP contribution in [0.5, 0.6) is 0 Å². The van der Waals surface area contributed by atoms with E-state index in [1.807, 2.05) is 42.7 Å². The molecule has 1 aromatic carbocycles. The molecule has 1 aliphatic rings. The highest BCUT2D eigenvalue weighted by Gasteiger charge is 2.27. The van der Waals surface area contributed by atoms with Crippen molar-refractivity contribution in [2.45, 2.75) is 33.1 Å². The zero-order valence-electron chi connectivity index (χ0n) is 14.0. The highest BCUT2D eigenvalue weighted by Crippen LogP contribution is 2.23. The first-order chi connectivity index (χ1) is 11.5. The lowest BCUT2D eigenvalue weighted by Gasteiger charge is -2.25.